The summed E-state index contributed by atoms with van der Waals surface area (Å²) in [5.74, 6) is 0.0609. The highest BCUT2D eigenvalue weighted by Crippen LogP contribution is 2.35. The van der Waals surface area contributed by atoms with Crippen LogP contribution in [0.15, 0.2) is 24.3 Å². The largest absolute Gasteiger partial charge is 0.349 e. The lowest BCUT2D eigenvalue weighted by Crippen LogP contribution is -2.48. The van der Waals surface area contributed by atoms with Gasteiger partial charge in [-0.15, -0.1) is 0 Å². The lowest BCUT2D eigenvalue weighted by Gasteiger charge is -2.43. The fourth-order valence-electron chi connectivity index (χ4n) is 3.39. The van der Waals surface area contributed by atoms with E-state index in [2.05, 4.69) is 55.8 Å². The maximum atomic E-state index is 12.7. The van der Waals surface area contributed by atoms with Gasteiger partial charge in [0.2, 0.25) is 0 Å². The van der Waals surface area contributed by atoms with Gasteiger partial charge in [0.05, 0.1) is 13.2 Å². The molecule has 1 unspecified atom stereocenters. The first-order valence-electron chi connectivity index (χ1n) is 10.4. The zero-order valence-corrected chi connectivity index (χ0v) is 19.7. The molecule has 0 bridgehead atoms. The van der Waals surface area contributed by atoms with Crippen LogP contribution in [0.3, 0.4) is 0 Å². The molecule has 1 atom stereocenters. The minimum atomic E-state index is -0.527. The maximum Gasteiger partial charge on any atom is 0.253 e. The van der Waals surface area contributed by atoms with Crippen molar-refractivity contribution in [1.82, 2.24) is 4.90 Å². The first-order valence-corrected chi connectivity index (χ1v) is 11.5. The molecule has 0 aliphatic carbocycles. The average Bonchev–Trinajstić information content (AvgIpc) is 2.69. The van der Waals surface area contributed by atoms with Gasteiger partial charge in [0.15, 0.2) is 5.79 Å². The van der Waals surface area contributed by atoms with Crippen LogP contribution in [-0.2, 0) is 9.47 Å². The number of benzene rings is 1. The number of hydrogen-bond donors (Lipinski definition) is 0. The summed E-state index contributed by atoms with van der Waals surface area (Å²) < 4.78 is 12.3. The summed E-state index contributed by atoms with van der Waals surface area (Å²) in [5.41, 5.74) is 2.09. The molecule has 1 fully saturated rings. The Balaban J connectivity index is 1.88. The molecule has 28 heavy (non-hydrogen) atoms. The van der Waals surface area contributed by atoms with E-state index in [-0.39, 0.29) is 11.3 Å². The van der Waals surface area contributed by atoms with E-state index >= 15 is 0 Å². The van der Waals surface area contributed by atoms with Crippen LogP contribution in [-0.4, -0.2) is 48.7 Å². The Bertz CT molecular complexity index is 619. The van der Waals surface area contributed by atoms with Crippen LogP contribution >= 0.6 is 15.9 Å². The number of carbonyl (C=O) groups excluding carboxylic acids is 1. The summed E-state index contributed by atoms with van der Waals surface area (Å²) in [4.78, 5) is 14.5. The third-order valence-corrected chi connectivity index (χ3v) is 6.06. The van der Waals surface area contributed by atoms with Crippen LogP contribution in [0.5, 0.6) is 0 Å². The minimum absolute atomic E-state index is 0.0595. The zero-order valence-electron chi connectivity index (χ0n) is 18.1. The van der Waals surface area contributed by atoms with Crippen LogP contribution in [0.25, 0.3) is 0 Å². The van der Waals surface area contributed by atoms with Gasteiger partial charge in [-0.05, 0) is 36.5 Å². The number of hydrogen-bond acceptors (Lipinski definition) is 3. The fourth-order valence-corrected chi connectivity index (χ4v) is 4.00. The number of amides is 1. The van der Waals surface area contributed by atoms with Crippen LogP contribution in [0.1, 0.15) is 75.2 Å². The molecule has 1 saturated heterocycles. The molecular formula is C23H36BrNO3. The van der Waals surface area contributed by atoms with Gasteiger partial charge in [-0.3, -0.25) is 4.79 Å². The molecule has 5 heteroatoms. The molecule has 0 saturated carbocycles. The van der Waals surface area contributed by atoms with Gasteiger partial charge in [-0.2, -0.15) is 0 Å². The highest BCUT2D eigenvalue weighted by atomic mass is 79.9. The Morgan fingerprint density at radius 1 is 1.18 bits per heavy atom. The third kappa shape index (κ3) is 6.30. The Labute approximate surface area is 179 Å². The summed E-state index contributed by atoms with van der Waals surface area (Å²) in [6, 6.07) is 8.04. The summed E-state index contributed by atoms with van der Waals surface area (Å²) in [5, 5.41) is 0.838. The molecule has 1 aliphatic rings. The lowest BCUT2D eigenvalue weighted by atomic mass is 9.93. The molecule has 1 aliphatic heterocycles. The van der Waals surface area contributed by atoms with Gasteiger partial charge in [0.1, 0.15) is 0 Å². The molecule has 1 aromatic rings. The molecule has 0 aromatic heterocycles. The van der Waals surface area contributed by atoms with Crippen LogP contribution in [0.4, 0.5) is 0 Å². The van der Waals surface area contributed by atoms with E-state index in [0.29, 0.717) is 25.7 Å². The highest BCUT2D eigenvalue weighted by Gasteiger charge is 2.39. The number of alkyl halides is 1. The van der Waals surface area contributed by atoms with E-state index in [4.69, 9.17) is 9.47 Å². The van der Waals surface area contributed by atoms with Crippen molar-refractivity contribution in [3.05, 3.63) is 35.4 Å². The van der Waals surface area contributed by atoms with Crippen molar-refractivity contribution < 1.29 is 14.3 Å². The van der Waals surface area contributed by atoms with Gasteiger partial charge >= 0.3 is 0 Å². The number of rotatable bonds is 9. The third-order valence-electron chi connectivity index (χ3n) is 5.66. The standard InChI is InChI=1S/C23H36BrNO3/c1-6-18(2)19-8-10-20(11-9-19)21(26)25(5)15-7-12-23(13-14-24)27-16-22(3,4)17-28-23/h8-11,18H,6-7,12-17H2,1-5H3. The van der Waals surface area contributed by atoms with Crippen molar-refractivity contribution in [2.24, 2.45) is 5.41 Å². The molecule has 1 amide bonds. The van der Waals surface area contributed by atoms with E-state index in [9.17, 15) is 4.79 Å². The Hall–Kier alpha value is -0.910. The second-order valence-electron chi connectivity index (χ2n) is 8.85. The van der Waals surface area contributed by atoms with Crippen molar-refractivity contribution in [2.45, 2.75) is 65.1 Å². The summed E-state index contributed by atoms with van der Waals surface area (Å²) in [6.45, 7) is 10.8. The molecule has 4 nitrogen and oxygen atoms in total. The predicted octanol–water partition coefficient (Wildman–Crippen LogP) is 5.61. The highest BCUT2D eigenvalue weighted by molar-refractivity contribution is 9.09. The SMILES string of the molecule is CCC(C)c1ccc(C(=O)N(C)CCCC2(CCBr)OCC(C)(C)CO2)cc1. The van der Waals surface area contributed by atoms with E-state index in [1.807, 2.05) is 19.2 Å². The van der Waals surface area contributed by atoms with Crippen molar-refractivity contribution >= 4 is 21.8 Å². The van der Waals surface area contributed by atoms with Gasteiger partial charge < -0.3 is 14.4 Å². The second-order valence-corrected chi connectivity index (χ2v) is 9.65. The monoisotopic (exact) mass is 453 g/mol. The number of halogens is 1. The Morgan fingerprint density at radius 2 is 1.79 bits per heavy atom. The molecular weight excluding hydrogens is 418 g/mol. The normalized spacial score (nSPS) is 19.2. The van der Waals surface area contributed by atoms with E-state index in [1.54, 1.807) is 4.90 Å². The molecule has 0 spiro atoms. The minimum Gasteiger partial charge on any atom is -0.349 e. The quantitative estimate of drug-likeness (QED) is 0.456. The topological polar surface area (TPSA) is 38.8 Å². The summed E-state index contributed by atoms with van der Waals surface area (Å²) in [6.07, 6.45) is 3.56. The van der Waals surface area contributed by atoms with Crippen LogP contribution in [0, 0.1) is 5.41 Å². The smallest absolute Gasteiger partial charge is 0.253 e. The molecule has 0 radical (unpaired) electrons. The van der Waals surface area contributed by atoms with Gasteiger partial charge in [-0.1, -0.05) is 55.8 Å². The second kappa shape index (κ2) is 10.2. The molecule has 1 heterocycles. The number of carbonyl (C=O) groups is 1. The van der Waals surface area contributed by atoms with Crippen molar-refractivity contribution in [3.63, 3.8) is 0 Å². The number of ether oxygens (including phenoxy) is 2. The zero-order chi connectivity index (χ0) is 20.8. The maximum absolute atomic E-state index is 12.7. The Kier molecular flexibility index (Phi) is 8.53. The lowest BCUT2D eigenvalue weighted by molar-refractivity contribution is -0.302. The van der Waals surface area contributed by atoms with Crippen molar-refractivity contribution in [3.8, 4) is 0 Å². The number of nitrogens with zero attached hydrogens (tertiary/aromatic N) is 1. The van der Waals surface area contributed by atoms with Crippen LogP contribution < -0.4 is 0 Å². The molecule has 1 aromatic carbocycles. The average molecular weight is 454 g/mol. The summed E-state index contributed by atoms with van der Waals surface area (Å²) in [7, 11) is 1.87. The van der Waals surface area contributed by atoms with Gasteiger partial charge in [-0.25, -0.2) is 0 Å². The van der Waals surface area contributed by atoms with E-state index in [1.165, 1.54) is 5.56 Å². The van der Waals surface area contributed by atoms with Crippen LogP contribution in [0.2, 0.25) is 0 Å². The predicted molar refractivity (Wildman–Crippen MR) is 118 cm³/mol. The molecule has 2 rings (SSSR count). The molecule has 0 N–H and O–H groups in total. The van der Waals surface area contributed by atoms with E-state index < -0.39 is 5.79 Å². The first kappa shape index (κ1) is 23.4. The summed E-state index contributed by atoms with van der Waals surface area (Å²) >= 11 is 3.52. The fraction of sp³-hybridized carbons (Fsp3) is 0.696. The van der Waals surface area contributed by atoms with Crippen molar-refractivity contribution in [1.29, 1.82) is 0 Å². The molecule has 158 valence electrons. The van der Waals surface area contributed by atoms with Crippen molar-refractivity contribution in [2.75, 3.05) is 32.1 Å². The van der Waals surface area contributed by atoms with Gasteiger partial charge in [0, 0.05) is 42.7 Å². The first-order chi connectivity index (χ1) is 13.2. The Morgan fingerprint density at radius 3 is 2.32 bits per heavy atom. The van der Waals surface area contributed by atoms with Gasteiger partial charge in [0.25, 0.3) is 5.91 Å². The van der Waals surface area contributed by atoms with E-state index in [0.717, 1.165) is 36.6 Å².